The first-order chi connectivity index (χ1) is 12.7. The Balaban J connectivity index is 1.82. The molecule has 0 heterocycles. The highest BCUT2D eigenvalue weighted by atomic mass is 15.5. The molecule has 3 aromatic carbocycles. The van der Waals surface area contributed by atoms with E-state index in [1.165, 1.54) is 16.7 Å². The zero-order valence-corrected chi connectivity index (χ0v) is 15.1. The third kappa shape index (κ3) is 3.06. The monoisotopic (exact) mass is 338 g/mol. The second-order valence-electron chi connectivity index (χ2n) is 6.65. The molecule has 0 aliphatic heterocycles. The summed E-state index contributed by atoms with van der Waals surface area (Å²) < 4.78 is 0. The van der Waals surface area contributed by atoms with Crippen LogP contribution < -0.4 is 5.01 Å². The van der Waals surface area contributed by atoms with Gasteiger partial charge in [0, 0.05) is 0 Å². The zero-order valence-electron chi connectivity index (χ0n) is 15.1. The maximum atomic E-state index is 5.06. The van der Waals surface area contributed by atoms with E-state index < -0.39 is 0 Å². The smallest absolute Gasteiger partial charge is 0.0992 e. The Kier molecular flexibility index (Phi) is 4.40. The van der Waals surface area contributed by atoms with Crippen molar-refractivity contribution in [1.29, 1.82) is 0 Å². The number of rotatable bonds is 4. The van der Waals surface area contributed by atoms with Gasteiger partial charge in [-0.05, 0) is 48.2 Å². The largest absolute Gasteiger partial charge is 0.254 e. The minimum absolute atomic E-state index is 0.118. The lowest BCUT2D eigenvalue weighted by molar-refractivity contribution is 0.736. The van der Waals surface area contributed by atoms with Gasteiger partial charge in [-0.15, -0.1) is 0 Å². The number of benzene rings is 3. The van der Waals surface area contributed by atoms with Crippen molar-refractivity contribution in [1.82, 2.24) is 0 Å². The summed E-state index contributed by atoms with van der Waals surface area (Å²) in [6.07, 6.45) is 2.27. The lowest BCUT2D eigenvalue weighted by atomic mass is 10.0. The van der Waals surface area contributed by atoms with Crippen LogP contribution in [0.4, 0.5) is 5.69 Å². The topological polar surface area (TPSA) is 15.6 Å². The Morgan fingerprint density at radius 3 is 2.15 bits per heavy atom. The summed E-state index contributed by atoms with van der Waals surface area (Å²) in [6, 6.07) is 29.5. The van der Waals surface area contributed by atoms with Crippen molar-refractivity contribution in [3.63, 3.8) is 0 Å². The predicted octanol–water partition coefficient (Wildman–Crippen LogP) is 6.08. The molecule has 0 N–H and O–H groups in total. The molecule has 2 nitrogen and oxygen atoms in total. The van der Waals surface area contributed by atoms with Gasteiger partial charge in [-0.3, -0.25) is 5.01 Å². The van der Waals surface area contributed by atoms with Gasteiger partial charge in [-0.2, -0.15) is 5.10 Å². The minimum atomic E-state index is 0.118. The average molecular weight is 338 g/mol. The van der Waals surface area contributed by atoms with E-state index in [2.05, 4.69) is 97.7 Å². The van der Waals surface area contributed by atoms with E-state index in [4.69, 9.17) is 5.10 Å². The van der Waals surface area contributed by atoms with Crippen LogP contribution in [0.15, 0.2) is 95.6 Å². The molecule has 128 valence electrons. The van der Waals surface area contributed by atoms with Crippen LogP contribution in [0.1, 0.15) is 36.6 Å². The number of hydrazone groups is 1. The lowest BCUT2D eigenvalue weighted by Gasteiger charge is -2.29. The number of nitrogens with zero attached hydrogens (tertiary/aromatic N) is 2. The standard InChI is InChI=1S/C24H22N2/c1-18-17-21-13-9-10-16-23(21)24(18)26(22-14-7-4-8-15-22)25-19(2)20-11-5-3-6-12-20/h3-17,24H,1-2H3. The summed E-state index contributed by atoms with van der Waals surface area (Å²) in [5.41, 5.74) is 7.13. The molecule has 0 saturated heterocycles. The van der Waals surface area contributed by atoms with E-state index >= 15 is 0 Å². The van der Waals surface area contributed by atoms with Gasteiger partial charge in [0.1, 0.15) is 0 Å². The molecule has 1 aliphatic carbocycles. The summed E-state index contributed by atoms with van der Waals surface area (Å²) in [5, 5.41) is 7.21. The number of hydrogen-bond donors (Lipinski definition) is 0. The SMILES string of the molecule is CC1=Cc2ccccc2C1N(N=C(C)c1ccccc1)c1ccccc1. The van der Waals surface area contributed by atoms with Gasteiger partial charge in [0.05, 0.1) is 17.4 Å². The molecule has 0 spiro atoms. The van der Waals surface area contributed by atoms with Crippen LogP contribution in [0.25, 0.3) is 6.08 Å². The fourth-order valence-corrected chi connectivity index (χ4v) is 3.53. The number of fused-ring (bicyclic) bond motifs is 1. The van der Waals surface area contributed by atoms with E-state index in [0.29, 0.717) is 0 Å². The van der Waals surface area contributed by atoms with Gasteiger partial charge < -0.3 is 0 Å². The van der Waals surface area contributed by atoms with Gasteiger partial charge in [0.15, 0.2) is 0 Å². The minimum Gasteiger partial charge on any atom is -0.254 e. The van der Waals surface area contributed by atoms with Crippen molar-refractivity contribution in [2.75, 3.05) is 5.01 Å². The quantitative estimate of drug-likeness (QED) is 0.416. The predicted molar refractivity (Wildman–Crippen MR) is 110 cm³/mol. The molecule has 0 aromatic heterocycles. The average Bonchev–Trinajstić information content (AvgIpc) is 3.03. The Morgan fingerprint density at radius 2 is 1.42 bits per heavy atom. The van der Waals surface area contributed by atoms with Crippen molar-refractivity contribution in [3.8, 4) is 0 Å². The molecule has 1 aliphatic rings. The van der Waals surface area contributed by atoms with Crippen LogP contribution in [-0.2, 0) is 0 Å². The summed E-state index contributed by atoms with van der Waals surface area (Å²) in [5.74, 6) is 0. The van der Waals surface area contributed by atoms with Gasteiger partial charge in [0.25, 0.3) is 0 Å². The third-order valence-electron chi connectivity index (χ3n) is 4.82. The van der Waals surface area contributed by atoms with Crippen molar-refractivity contribution < 1.29 is 0 Å². The van der Waals surface area contributed by atoms with E-state index in [1.54, 1.807) is 0 Å². The zero-order chi connectivity index (χ0) is 17.9. The molecule has 2 heteroatoms. The van der Waals surface area contributed by atoms with Crippen molar-refractivity contribution >= 4 is 17.5 Å². The molecule has 0 fully saturated rings. The summed E-state index contributed by atoms with van der Waals surface area (Å²) >= 11 is 0. The summed E-state index contributed by atoms with van der Waals surface area (Å²) in [7, 11) is 0. The second-order valence-corrected chi connectivity index (χ2v) is 6.65. The third-order valence-corrected chi connectivity index (χ3v) is 4.82. The summed E-state index contributed by atoms with van der Waals surface area (Å²) in [6.45, 7) is 4.26. The van der Waals surface area contributed by atoms with Gasteiger partial charge >= 0.3 is 0 Å². The lowest BCUT2D eigenvalue weighted by Crippen LogP contribution is -2.24. The van der Waals surface area contributed by atoms with Crippen LogP contribution in [0.5, 0.6) is 0 Å². The number of para-hydroxylation sites is 1. The molecule has 0 saturated carbocycles. The van der Waals surface area contributed by atoms with Crippen LogP contribution in [0.3, 0.4) is 0 Å². The summed E-state index contributed by atoms with van der Waals surface area (Å²) in [4.78, 5) is 0. The number of anilines is 1. The van der Waals surface area contributed by atoms with Gasteiger partial charge in [-0.1, -0.05) is 78.9 Å². The highest BCUT2D eigenvalue weighted by Gasteiger charge is 2.28. The first kappa shape index (κ1) is 16.3. The van der Waals surface area contributed by atoms with Gasteiger partial charge in [0.2, 0.25) is 0 Å². The highest BCUT2D eigenvalue weighted by Crippen LogP contribution is 2.40. The maximum Gasteiger partial charge on any atom is 0.0992 e. The second kappa shape index (κ2) is 7.01. The fraction of sp³-hybridized carbons (Fsp3) is 0.125. The van der Waals surface area contributed by atoms with Crippen molar-refractivity contribution in [2.45, 2.75) is 19.9 Å². The Bertz CT molecular complexity index is 956. The highest BCUT2D eigenvalue weighted by molar-refractivity contribution is 5.99. The van der Waals surface area contributed by atoms with E-state index in [-0.39, 0.29) is 6.04 Å². The Hall–Kier alpha value is -3.13. The first-order valence-electron chi connectivity index (χ1n) is 8.96. The Labute approximate surface area is 155 Å². The van der Waals surface area contributed by atoms with Crippen LogP contribution in [-0.4, -0.2) is 5.71 Å². The molecule has 1 atom stereocenters. The normalized spacial score (nSPS) is 16.2. The molecule has 0 radical (unpaired) electrons. The molecule has 26 heavy (non-hydrogen) atoms. The number of hydrogen-bond acceptors (Lipinski definition) is 2. The van der Waals surface area contributed by atoms with Crippen LogP contribution in [0, 0.1) is 0 Å². The van der Waals surface area contributed by atoms with E-state index in [9.17, 15) is 0 Å². The van der Waals surface area contributed by atoms with E-state index in [0.717, 1.165) is 17.0 Å². The van der Waals surface area contributed by atoms with E-state index in [1.807, 2.05) is 12.1 Å². The van der Waals surface area contributed by atoms with Crippen LogP contribution in [0.2, 0.25) is 0 Å². The Morgan fingerprint density at radius 1 is 0.808 bits per heavy atom. The van der Waals surface area contributed by atoms with Gasteiger partial charge in [-0.25, -0.2) is 0 Å². The molecular weight excluding hydrogens is 316 g/mol. The van der Waals surface area contributed by atoms with Crippen molar-refractivity contribution in [3.05, 3.63) is 107 Å². The molecular formula is C24H22N2. The van der Waals surface area contributed by atoms with Crippen molar-refractivity contribution in [2.24, 2.45) is 5.10 Å². The molecule has 1 unspecified atom stereocenters. The fourth-order valence-electron chi connectivity index (χ4n) is 3.53. The molecule has 0 bridgehead atoms. The maximum absolute atomic E-state index is 5.06. The van der Waals surface area contributed by atoms with Crippen LogP contribution >= 0.6 is 0 Å². The molecule has 0 amide bonds. The first-order valence-corrected chi connectivity index (χ1v) is 8.96. The molecule has 3 aromatic rings. The molecule has 4 rings (SSSR count).